The van der Waals surface area contributed by atoms with Gasteiger partial charge < -0.3 is 20.4 Å². The number of halogens is 1. The molecule has 196 valence electrons. The molecule has 0 aliphatic carbocycles. The predicted octanol–water partition coefficient (Wildman–Crippen LogP) is 4.37. The molecule has 37 heavy (non-hydrogen) atoms. The molecule has 1 aliphatic rings. The molecule has 2 aromatic rings. The Bertz CT molecular complexity index is 1150. The van der Waals surface area contributed by atoms with Gasteiger partial charge in [0.1, 0.15) is 23.1 Å². The summed E-state index contributed by atoms with van der Waals surface area (Å²) >= 11 is 7.64. The molecule has 0 radical (unpaired) electrons. The van der Waals surface area contributed by atoms with Gasteiger partial charge in [0, 0.05) is 45.3 Å². The number of aryl methyl sites for hydroxylation is 2. The number of hydrogen-bond acceptors (Lipinski definition) is 8. The maximum absolute atomic E-state index is 12.7. The number of aromatic nitrogens is 1. The van der Waals surface area contributed by atoms with Gasteiger partial charge in [0.25, 0.3) is 5.91 Å². The van der Waals surface area contributed by atoms with Crippen LogP contribution in [0.5, 0.6) is 0 Å². The van der Waals surface area contributed by atoms with Crippen molar-refractivity contribution in [3.8, 4) is 12.1 Å². The number of pyridine rings is 1. The van der Waals surface area contributed by atoms with Crippen LogP contribution in [0.1, 0.15) is 53.4 Å². The zero-order valence-corrected chi connectivity index (χ0v) is 23.4. The number of piperidine rings is 1. The van der Waals surface area contributed by atoms with E-state index in [-0.39, 0.29) is 17.5 Å². The van der Waals surface area contributed by atoms with E-state index in [0.29, 0.717) is 41.4 Å². The number of rotatable bonds is 10. The van der Waals surface area contributed by atoms with E-state index >= 15 is 0 Å². The number of carbonyl (C=O) groups is 1. The highest BCUT2D eigenvalue weighted by molar-refractivity contribution is 7.07. The van der Waals surface area contributed by atoms with Gasteiger partial charge in [-0.2, -0.15) is 21.9 Å². The van der Waals surface area contributed by atoms with Crippen molar-refractivity contribution < 1.29 is 4.79 Å². The summed E-state index contributed by atoms with van der Waals surface area (Å²) in [6, 6.07) is 8.40. The van der Waals surface area contributed by atoms with Crippen molar-refractivity contribution in [1.29, 1.82) is 10.5 Å². The second kappa shape index (κ2) is 13.4. The van der Waals surface area contributed by atoms with Crippen LogP contribution in [0, 0.1) is 36.5 Å². The van der Waals surface area contributed by atoms with E-state index < -0.39 is 0 Å². The number of amides is 1. The molecule has 0 saturated carbocycles. The van der Waals surface area contributed by atoms with Gasteiger partial charge in [0.05, 0.1) is 11.3 Å². The zero-order chi connectivity index (χ0) is 26.9. The SMILES string of the molecule is CNC(=C(C#N)C#N)N(Cc1ccsc1)C1CCN([C@H](C)CCNC(=O)c2c(C)cc(Cl)nc2C)CC1. The highest BCUT2D eigenvalue weighted by atomic mass is 35.5. The lowest BCUT2D eigenvalue weighted by Crippen LogP contribution is -2.49. The largest absolute Gasteiger partial charge is 0.373 e. The summed E-state index contributed by atoms with van der Waals surface area (Å²) in [6.45, 7) is 8.90. The van der Waals surface area contributed by atoms with Gasteiger partial charge in [-0.05, 0) is 74.1 Å². The number of allylic oxidation sites excluding steroid dienone is 1. The Labute approximate surface area is 228 Å². The molecule has 1 aliphatic heterocycles. The van der Waals surface area contributed by atoms with Gasteiger partial charge in [-0.1, -0.05) is 11.6 Å². The molecule has 3 heterocycles. The number of thiophene rings is 1. The molecule has 0 unspecified atom stereocenters. The number of carbonyl (C=O) groups excluding carboxylic acids is 1. The second-order valence-corrected chi connectivity index (χ2v) is 10.5. The summed E-state index contributed by atoms with van der Waals surface area (Å²) < 4.78 is 0. The maximum atomic E-state index is 12.7. The Balaban J connectivity index is 1.58. The van der Waals surface area contributed by atoms with E-state index in [9.17, 15) is 15.3 Å². The average Bonchev–Trinajstić information content (AvgIpc) is 3.39. The van der Waals surface area contributed by atoms with Crippen LogP contribution in [0.3, 0.4) is 0 Å². The maximum Gasteiger partial charge on any atom is 0.253 e. The van der Waals surface area contributed by atoms with Crippen LogP contribution < -0.4 is 10.6 Å². The monoisotopic (exact) mass is 539 g/mol. The Morgan fingerprint density at radius 2 is 2.03 bits per heavy atom. The predicted molar refractivity (Wildman–Crippen MR) is 147 cm³/mol. The average molecular weight is 540 g/mol. The number of nitrogens with one attached hydrogen (secondary N) is 2. The highest BCUT2D eigenvalue weighted by Crippen LogP contribution is 2.26. The first-order chi connectivity index (χ1) is 17.8. The first-order valence-corrected chi connectivity index (χ1v) is 13.8. The normalized spacial score (nSPS) is 14.8. The lowest BCUT2D eigenvalue weighted by molar-refractivity contribution is 0.0903. The Morgan fingerprint density at radius 3 is 2.59 bits per heavy atom. The fourth-order valence-electron chi connectivity index (χ4n) is 4.94. The van der Waals surface area contributed by atoms with E-state index in [1.165, 1.54) is 5.56 Å². The number of likely N-dealkylation sites (tertiary alicyclic amines) is 1. The van der Waals surface area contributed by atoms with E-state index in [0.717, 1.165) is 37.9 Å². The van der Waals surface area contributed by atoms with Crippen molar-refractivity contribution in [3.05, 3.63) is 61.8 Å². The van der Waals surface area contributed by atoms with E-state index in [4.69, 9.17) is 11.6 Å². The Kier molecular flexibility index (Phi) is 10.3. The van der Waals surface area contributed by atoms with Gasteiger partial charge in [-0.25, -0.2) is 4.98 Å². The summed E-state index contributed by atoms with van der Waals surface area (Å²) in [4.78, 5) is 21.6. The zero-order valence-electron chi connectivity index (χ0n) is 21.8. The first-order valence-electron chi connectivity index (χ1n) is 12.4. The molecular weight excluding hydrogens is 506 g/mol. The molecule has 2 N–H and O–H groups in total. The minimum atomic E-state index is -0.119. The molecule has 0 spiro atoms. The van der Waals surface area contributed by atoms with Crippen LogP contribution in [-0.2, 0) is 6.54 Å². The van der Waals surface area contributed by atoms with Gasteiger partial charge >= 0.3 is 0 Å². The number of nitrogens with zero attached hydrogens (tertiary/aromatic N) is 5. The molecule has 10 heteroatoms. The van der Waals surface area contributed by atoms with Crippen molar-refractivity contribution >= 4 is 28.8 Å². The molecule has 0 bridgehead atoms. The summed E-state index contributed by atoms with van der Waals surface area (Å²) in [5.74, 6) is 0.471. The van der Waals surface area contributed by atoms with Crippen LogP contribution in [0.4, 0.5) is 0 Å². The Morgan fingerprint density at radius 1 is 1.32 bits per heavy atom. The fourth-order valence-corrected chi connectivity index (χ4v) is 5.90. The summed E-state index contributed by atoms with van der Waals surface area (Å²) in [7, 11) is 1.76. The number of nitriles is 2. The quantitative estimate of drug-likeness (QED) is 0.341. The molecule has 1 amide bonds. The van der Waals surface area contributed by atoms with Crippen LogP contribution >= 0.6 is 22.9 Å². The standard InChI is InChI=1S/C27H34ClN7OS/c1-18-13-24(28)33-20(3)25(18)27(36)32-9-5-19(2)34-10-6-23(7-11-34)35(16-21-8-12-37-17-21)26(31-4)22(14-29)15-30/h8,12-13,17,19,23,31H,5-7,9-11,16H2,1-4H3,(H,32,36)/t19-/m1/s1. The third-order valence-corrected chi connectivity index (χ3v) is 7.85. The molecule has 1 saturated heterocycles. The molecule has 1 fully saturated rings. The third kappa shape index (κ3) is 7.23. The highest BCUT2D eigenvalue weighted by Gasteiger charge is 2.29. The van der Waals surface area contributed by atoms with Crippen molar-refractivity contribution in [2.45, 2.75) is 58.7 Å². The van der Waals surface area contributed by atoms with Gasteiger partial charge in [0.2, 0.25) is 0 Å². The lowest BCUT2D eigenvalue weighted by atomic mass is 9.99. The van der Waals surface area contributed by atoms with Crippen molar-refractivity contribution in [1.82, 2.24) is 25.4 Å². The van der Waals surface area contributed by atoms with Crippen LogP contribution in [0.2, 0.25) is 5.15 Å². The van der Waals surface area contributed by atoms with Crippen LogP contribution in [0.15, 0.2) is 34.3 Å². The molecular formula is C27H34ClN7OS. The van der Waals surface area contributed by atoms with Crippen molar-refractivity contribution in [2.24, 2.45) is 0 Å². The Hall–Kier alpha value is -3.11. The minimum Gasteiger partial charge on any atom is -0.373 e. The molecule has 0 aromatic carbocycles. The number of hydrogen-bond donors (Lipinski definition) is 2. The fraction of sp³-hybridized carbons (Fsp3) is 0.481. The lowest BCUT2D eigenvalue weighted by Gasteiger charge is -2.42. The smallest absolute Gasteiger partial charge is 0.253 e. The van der Waals surface area contributed by atoms with E-state index in [1.807, 2.05) is 24.4 Å². The van der Waals surface area contributed by atoms with Gasteiger partial charge in [-0.15, -0.1) is 0 Å². The van der Waals surface area contributed by atoms with Crippen molar-refractivity contribution in [3.63, 3.8) is 0 Å². The minimum absolute atomic E-state index is 0.102. The van der Waals surface area contributed by atoms with Gasteiger partial charge in [-0.3, -0.25) is 4.79 Å². The van der Waals surface area contributed by atoms with E-state index in [2.05, 4.69) is 43.8 Å². The van der Waals surface area contributed by atoms with Gasteiger partial charge in [0.15, 0.2) is 5.57 Å². The van der Waals surface area contributed by atoms with Crippen LogP contribution in [0.25, 0.3) is 0 Å². The summed E-state index contributed by atoms with van der Waals surface area (Å²) in [5.41, 5.74) is 3.32. The molecule has 1 atom stereocenters. The molecule has 2 aromatic heterocycles. The molecule has 3 rings (SSSR count). The van der Waals surface area contributed by atoms with Crippen molar-refractivity contribution in [2.75, 3.05) is 26.7 Å². The summed E-state index contributed by atoms with van der Waals surface area (Å²) in [5, 5.41) is 29.7. The summed E-state index contributed by atoms with van der Waals surface area (Å²) in [6.07, 6.45) is 2.68. The topological polar surface area (TPSA) is 108 Å². The van der Waals surface area contributed by atoms with Crippen LogP contribution in [-0.4, -0.2) is 59.5 Å². The first kappa shape index (κ1) is 28.5. The van der Waals surface area contributed by atoms with E-state index in [1.54, 1.807) is 31.4 Å². The third-order valence-electron chi connectivity index (χ3n) is 6.92. The molecule has 8 nitrogen and oxygen atoms in total. The second-order valence-electron chi connectivity index (χ2n) is 9.34.